The first-order valence-electron chi connectivity index (χ1n) is 11.2. The van der Waals surface area contributed by atoms with Gasteiger partial charge in [0.2, 0.25) is 5.91 Å². The van der Waals surface area contributed by atoms with Crippen LogP contribution in [0.25, 0.3) is 22.8 Å². The second-order valence-corrected chi connectivity index (χ2v) is 9.46. The lowest BCUT2D eigenvalue weighted by molar-refractivity contribution is -0.131. The minimum atomic E-state index is -2.89. The van der Waals surface area contributed by atoms with Crippen LogP contribution in [0.1, 0.15) is 15.6 Å². The first-order chi connectivity index (χ1) is 17.0. The summed E-state index contributed by atoms with van der Waals surface area (Å²) < 4.78 is 31.0. The van der Waals surface area contributed by atoms with Gasteiger partial charge < -0.3 is 9.64 Å². The van der Waals surface area contributed by atoms with Gasteiger partial charge in [0.25, 0.3) is 0 Å². The molecule has 0 bridgehead atoms. The molecule has 1 aliphatic heterocycles. The average molecular weight is 496 g/mol. The Bertz CT molecular complexity index is 1300. The van der Waals surface area contributed by atoms with Gasteiger partial charge in [0.1, 0.15) is 12.3 Å². The smallest absolute Gasteiger partial charge is 0.387 e. The largest absolute Gasteiger partial charge is 0.435 e. The molecule has 0 spiro atoms. The summed E-state index contributed by atoms with van der Waals surface area (Å²) in [4.78, 5) is 25.7. The van der Waals surface area contributed by atoms with Gasteiger partial charge in [-0.05, 0) is 31.2 Å². The van der Waals surface area contributed by atoms with E-state index >= 15 is 0 Å². The fraction of sp³-hybridized carbons (Fsp3) is 0.280. The highest BCUT2D eigenvalue weighted by Crippen LogP contribution is 2.26. The number of halogens is 2. The predicted molar refractivity (Wildman–Crippen MR) is 128 cm³/mol. The van der Waals surface area contributed by atoms with Crippen LogP contribution in [0.5, 0.6) is 5.75 Å². The minimum Gasteiger partial charge on any atom is -0.435 e. The van der Waals surface area contributed by atoms with Crippen LogP contribution in [0, 0.1) is 6.92 Å². The number of thiazole rings is 1. The second kappa shape index (κ2) is 9.91. The summed E-state index contributed by atoms with van der Waals surface area (Å²) in [5.41, 5.74) is 2.56. The summed E-state index contributed by atoms with van der Waals surface area (Å²) in [5, 5.41) is 5.67. The molecular weight excluding hydrogens is 472 g/mol. The molecule has 4 aromatic rings. The van der Waals surface area contributed by atoms with Crippen LogP contribution >= 0.6 is 11.3 Å². The molecule has 5 rings (SSSR count). The van der Waals surface area contributed by atoms with E-state index in [2.05, 4.69) is 19.8 Å². The average Bonchev–Trinajstić information content (AvgIpc) is 3.36. The Labute approximate surface area is 205 Å². The van der Waals surface area contributed by atoms with Gasteiger partial charge >= 0.3 is 6.61 Å². The summed E-state index contributed by atoms with van der Waals surface area (Å²) >= 11 is 1.70. The summed E-state index contributed by atoms with van der Waals surface area (Å²) in [6.07, 6.45) is 1.54. The molecule has 1 amide bonds. The number of aromatic nitrogens is 4. The van der Waals surface area contributed by atoms with Gasteiger partial charge in [-0.2, -0.15) is 8.78 Å². The fourth-order valence-electron chi connectivity index (χ4n) is 4.13. The molecule has 35 heavy (non-hydrogen) atoms. The topological polar surface area (TPSA) is 73.1 Å². The summed E-state index contributed by atoms with van der Waals surface area (Å²) in [6.45, 7) is 0.418. The number of ether oxygens (including phenoxy) is 1. The molecule has 0 radical (unpaired) electrons. The van der Waals surface area contributed by atoms with Gasteiger partial charge in [0, 0.05) is 41.9 Å². The highest BCUT2D eigenvalue weighted by atomic mass is 32.1. The number of aryl methyl sites for hydroxylation is 1. The Morgan fingerprint density at radius 3 is 2.51 bits per heavy atom. The van der Waals surface area contributed by atoms with Crippen LogP contribution in [0.15, 0.2) is 54.6 Å². The number of nitrogens with zero attached hydrogens (tertiary/aromatic N) is 5. The van der Waals surface area contributed by atoms with E-state index in [-0.39, 0.29) is 18.2 Å². The van der Waals surface area contributed by atoms with Crippen molar-refractivity contribution in [2.24, 2.45) is 0 Å². The number of alkyl halides is 2. The van der Waals surface area contributed by atoms with Crippen molar-refractivity contribution < 1.29 is 18.3 Å². The van der Waals surface area contributed by atoms with E-state index in [0.29, 0.717) is 30.3 Å². The Kier molecular flexibility index (Phi) is 6.54. The summed E-state index contributed by atoms with van der Waals surface area (Å²) in [5.74, 6) is 0.984. The first kappa shape index (κ1) is 23.1. The lowest BCUT2D eigenvalue weighted by atomic mass is 10.2. The molecule has 0 atom stereocenters. The third kappa shape index (κ3) is 5.22. The molecule has 3 heterocycles. The first-order valence-corrected chi connectivity index (χ1v) is 12.1. The molecule has 180 valence electrons. The zero-order valence-corrected chi connectivity index (χ0v) is 19.8. The highest BCUT2D eigenvalue weighted by Gasteiger charge is 2.23. The van der Waals surface area contributed by atoms with E-state index in [1.165, 1.54) is 17.0 Å². The van der Waals surface area contributed by atoms with Crippen molar-refractivity contribution in [1.29, 1.82) is 0 Å². The third-order valence-corrected chi connectivity index (χ3v) is 6.86. The molecule has 0 aliphatic carbocycles. The lowest BCUT2D eigenvalue weighted by Gasteiger charge is -2.20. The Morgan fingerprint density at radius 1 is 1.03 bits per heavy atom. The van der Waals surface area contributed by atoms with Gasteiger partial charge in [0.05, 0.1) is 10.7 Å². The predicted octanol–water partition coefficient (Wildman–Crippen LogP) is 4.61. The quantitative estimate of drug-likeness (QED) is 0.391. The monoisotopic (exact) mass is 495 g/mol. The van der Waals surface area contributed by atoms with Crippen LogP contribution < -0.4 is 4.74 Å². The van der Waals surface area contributed by atoms with E-state index in [1.54, 1.807) is 28.2 Å². The van der Waals surface area contributed by atoms with Crippen LogP contribution in [-0.2, 0) is 24.2 Å². The molecule has 0 unspecified atom stereocenters. The normalized spacial score (nSPS) is 13.5. The molecule has 2 aromatic carbocycles. The van der Waals surface area contributed by atoms with Crippen molar-refractivity contribution in [1.82, 2.24) is 24.6 Å². The minimum absolute atomic E-state index is 0.0359. The van der Waals surface area contributed by atoms with E-state index in [0.717, 1.165) is 29.1 Å². The Balaban J connectivity index is 1.39. The molecule has 0 fully saturated rings. The molecule has 0 saturated heterocycles. The van der Waals surface area contributed by atoms with E-state index in [9.17, 15) is 13.6 Å². The number of benzene rings is 2. The number of fused-ring (bicyclic) bond motifs is 1. The maximum atomic E-state index is 13.3. The van der Waals surface area contributed by atoms with Crippen molar-refractivity contribution in [3.05, 3.63) is 70.2 Å². The van der Waals surface area contributed by atoms with Crippen LogP contribution in [0.3, 0.4) is 0 Å². The summed E-state index contributed by atoms with van der Waals surface area (Å²) in [6, 6.07) is 15.7. The van der Waals surface area contributed by atoms with Gasteiger partial charge in [-0.3, -0.25) is 4.79 Å². The number of carbonyl (C=O) groups excluding carboxylic acids is 1. The maximum absolute atomic E-state index is 13.3. The zero-order chi connectivity index (χ0) is 24.4. The SMILES string of the molecule is Cc1nc2c(s1)CCN(C(=O)Cn1nc(-c3ccc(OC(F)F)cc3)nc1-c1ccccc1)CC2. The molecule has 7 nitrogen and oxygen atoms in total. The number of hydrogen-bond donors (Lipinski definition) is 0. The Morgan fingerprint density at radius 2 is 1.77 bits per heavy atom. The maximum Gasteiger partial charge on any atom is 0.387 e. The van der Waals surface area contributed by atoms with E-state index < -0.39 is 6.61 Å². The number of rotatable bonds is 6. The highest BCUT2D eigenvalue weighted by molar-refractivity contribution is 7.11. The molecular formula is C25H23F2N5O2S. The molecule has 1 aliphatic rings. The van der Waals surface area contributed by atoms with Gasteiger partial charge in [0.15, 0.2) is 11.6 Å². The molecule has 2 aromatic heterocycles. The van der Waals surface area contributed by atoms with Crippen LogP contribution in [0.2, 0.25) is 0 Å². The third-order valence-electron chi connectivity index (χ3n) is 5.79. The van der Waals surface area contributed by atoms with Gasteiger partial charge in [-0.1, -0.05) is 30.3 Å². The fourth-order valence-corrected chi connectivity index (χ4v) is 5.10. The second-order valence-electron chi connectivity index (χ2n) is 8.17. The van der Waals surface area contributed by atoms with E-state index in [1.807, 2.05) is 42.2 Å². The lowest BCUT2D eigenvalue weighted by Crippen LogP contribution is -2.36. The Hall–Kier alpha value is -3.66. The van der Waals surface area contributed by atoms with Crippen LogP contribution in [0.4, 0.5) is 8.78 Å². The summed E-state index contributed by atoms with van der Waals surface area (Å²) in [7, 11) is 0. The number of carbonyl (C=O) groups is 1. The zero-order valence-electron chi connectivity index (χ0n) is 19.0. The van der Waals surface area contributed by atoms with Crippen molar-refractivity contribution in [3.63, 3.8) is 0 Å². The van der Waals surface area contributed by atoms with Gasteiger partial charge in [-0.25, -0.2) is 14.6 Å². The standard InChI is InChI=1S/C25H23F2N5O2S/c1-16-28-20-11-13-31(14-12-21(20)35-16)22(33)15-32-24(18-5-3-2-4-6-18)29-23(30-32)17-7-9-19(10-8-17)34-25(26)27/h2-10,25H,11-15H2,1H3. The number of hydrogen-bond acceptors (Lipinski definition) is 6. The molecule has 0 saturated carbocycles. The molecule has 10 heteroatoms. The number of amides is 1. The van der Waals surface area contributed by atoms with Crippen molar-refractivity contribution in [2.45, 2.75) is 32.9 Å². The van der Waals surface area contributed by atoms with Gasteiger partial charge in [-0.15, -0.1) is 16.4 Å². The van der Waals surface area contributed by atoms with Crippen molar-refractivity contribution in [3.8, 4) is 28.5 Å². The van der Waals surface area contributed by atoms with Crippen LogP contribution in [-0.4, -0.2) is 50.3 Å². The molecule has 0 N–H and O–H groups in total. The van der Waals surface area contributed by atoms with Crippen molar-refractivity contribution >= 4 is 17.2 Å². The van der Waals surface area contributed by atoms with Crippen molar-refractivity contribution in [2.75, 3.05) is 13.1 Å². The van der Waals surface area contributed by atoms with E-state index in [4.69, 9.17) is 0 Å².